The molecule has 1 unspecified atom stereocenters. The van der Waals surface area contributed by atoms with Crippen LogP contribution in [0.3, 0.4) is 0 Å². The Balaban J connectivity index is 1.65. The molecule has 1 aliphatic rings. The fraction of sp³-hybridized carbons (Fsp3) is 0.150. The van der Waals surface area contributed by atoms with E-state index in [2.05, 4.69) is 15.3 Å². The molecule has 0 saturated heterocycles. The van der Waals surface area contributed by atoms with E-state index in [-0.39, 0.29) is 22.2 Å². The van der Waals surface area contributed by atoms with Crippen LogP contribution in [0.25, 0.3) is 11.4 Å². The molecule has 0 radical (unpaired) electrons. The largest absolute Gasteiger partial charge is 0.508 e. The van der Waals surface area contributed by atoms with Crippen LogP contribution in [0.4, 0.5) is 26.3 Å². The number of azo groups is 1. The first-order valence-electron chi connectivity index (χ1n) is 8.79. The van der Waals surface area contributed by atoms with Gasteiger partial charge in [-0.3, -0.25) is 0 Å². The Morgan fingerprint density at radius 1 is 0.871 bits per heavy atom. The van der Waals surface area contributed by atoms with Crippen LogP contribution in [0.5, 0.6) is 5.75 Å². The summed E-state index contributed by atoms with van der Waals surface area (Å²) in [5.41, 5.74) is -1.71. The smallest absolute Gasteiger partial charge is 0.435 e. The molecular formula is C20H12F6N4O. The molecule has 1 aliphatic heterocycles. The van der Waals surface area contributed by atoms with Gasteiger partial charge in [-0.15, -0.1) is 0 Å². The third-order valence-electron chi connectivity index (χ3n) is 4.52. The topological polar surface area (TPSA) is 62.8 Å². The Morgan fingerprint density at radius 2 is 1.58 bits per heavy atom. The number of nitrogens with zero attached hydrogens (tertiary/aromatic N) is 4. The molecule has 31 heavy (non-hydrogen) atoms. The van der Waals surface area contributed by atoms with Crippen molar-refractivity contribution in [3.05, 3.63) is 83.2 Å². The molecule has 11 heteroatoms. The van der Waals surface area contributed by atoms with Crippen molar-refractivity contribution in [1.29, 1.82) is 0 Å². The average molecular weight is 438 g/mol. The molecule has 0 aliphatic carbocycles. The lowest BCUT2D eigenvalue weighted by molar-refractivity contribution is -0.143. The molecule has 2 heterocycles. The molecule has 2 aromatic carbocycles. The second-order valence-corrected chi connectivity index (χ2v) is 6.68. The monoisotopic (exact) mass is 438 g/mol. The SMILES string of the molecule is Oc1cccc(C2C=C(c3ccc(-n4nc(C(F)(F)F)cc4C(F)(F)F)cc3)N=N2)c1. The maximum Gasteiger partial charge on any atom is 0.435 e. The number of rotatable bonds is 3. The predicted molar refractivity (Wildman–Crippen MR) is 97.2 cm³/mol. The van der Waals surface area contributed by atoms with Crippen LogP contribution in [0.1, 0.15) is 28.6 Å². The second kappa shape index (κ2) is 7.25. The normalized spacial score (nSPS) is 16.6. The predicted octanol–water partition coefficient (Wildman–Crippen LogP) is 6.16. The first kappa shape index (κ1) is 20.6. The molecule has 0 spiro atoms. The van der Waals surface area contributed by atoms with E-state index in [1.807, 2.05) is 0 Å². The third kappa shape index (κ3) is 4.16. The Labute approximate surface area is 171 Å². The fourth-order valence-corrected chi connectivity index (χ4v) is 3.06. The summed E-state index contributed by atoms with van der Waals surface area (Å²) in [4.78, 5) is 0. The van der Waals surface area contributed by atoms with E-state index in [1.165, 1.54) is 36.4 Å². The number of alkyl halides is 6. The van der Waals surface area contributed by atoms with Crippen molar-refractivity contribution in [2.45, 2.75) is 18.4 Å². The van der Waals surface area contributed by atoms with Gasteiger partial charge >= 0.3 is 12.4 Å². The number of phenolic OH excluding ortho intramolecular Hbond substituents is 1. The van der Waals surface area contributed by atoms with Crippen molar-refractivity contribution in [3.63, 3.8) is 0 Å². The van der Waals surface area contributed by atoms with E-state index < -0.39 is 29.8 Å². The van der Waals surface area contributed by atoms with Crippen molar-refractivity contribution in [2.24, 2.45) is 10.2 Å². The molecular weight excluding hydrogens is 426 g/mol. The first-order valence-corrected chi connectivity index (χ1v) is 8.79. The zero-order valence-electron chi connectivity index (χ0n) is 15.4. The number of halogens is 6. The Kier molecular flexibility index (Phi) is 4.83. The van der Waals surface area contributed by atoms with Crippen molar-refractivity contribution < 1.29 is 31.4 Å². The van der Waals surface area contributed by atoms with Gasteiger partial charge in [0.25, 0.3) is 0 Å². The minimum atomic E-state index is -5.02. The number of phenols is 1. The van der Waals surface area contributed by atoms with Gasteiger partial charge in [0.1, 0.15) is 17.5 Å². The molecule has 5 nitrogen and oxygen atoms in total. The average Bonchev–Trinajstić information content (AvgIpc) is 3.35. The van der Waals surface area contributed by atoms with Gasteiger partial charge in [0.05, 0.1) is 11.4 Å². The van der Waals surface area contributed by atoms with Crippen LogP contribution in [-0.4, -0.2) is 14.9 Å². The summed E-state index contributed by atoms with van der Waals surface area (Å²) >= 11 is 0. The van der Waals surface area contributed by atoms with Crippen molar-refractivity contribution in [1.82, 2.24) is 9.78 Å². The highest BCUT2D eigenvalue weighted by Gasteiger charge is 2.42. The van der Waals surface area contributed by atoms with E-state index in [1.54, 1.807) is 18.2 Å². The molecule has 1 aromatic heterocycles. The minimum Gasteiger partial charge on any atom is -0.508 e. The Morgan fingerprint density at radius 3 is 2.19 bits per heavy atom. The van der Waals surface area contributed by atoms with E-state index in [0.29, 0.717) is 16.8 Å². The van der Waals surface area contributed by atoms with Crippen LogP contribution in [0.15, 0.2) is 70.9 Å². The number of aromatic nitrogens is 2. The molecule has 0 fully saturated rings. The Bertz CT molecular complexity index is 1180. The maximum atomic E-state index is 13.2. The summed E-state index contributed by atoms with van der Waals surface area (Å²) < 4.78 is 78.4. The van der Waals surface area contributed by atoms with E-state index >= 15 is 0 Å². The molecule has 1 atom stereocenters. The fourth-order valence-electron chi connectivity index (χ4n) is 3.06. The molecule has 1 N–H and O–H groups in total. The van der Waals surface area contributed by atoms with Gasteiger partial charge in [-0.1, -0.05) is 24.3 Å². The van der Waals surface area contributed by atoms with Gasteiger partial charge in [0.15, 0.2) is 5.69 Å². The second-order valence-electron chi connectivity index (χ2n) is 6.68. The number of hydrogen-bond donors (Lipinski definition) is 1. The lowest BCUT2D eigenvalue weighted by Gasteiger charge is -2.10. The van der Waals surface area contributed by atoms with Crippen molar-refractivity contribution in [2.75, 3.05) is 0 Å². The van der Waals surface area contributed by atoms with Gasteiger partial charge < -0.3 is 5.11 Å². The summed E-state index contributed by atoms with van der Waals surface area (Å²) in [5.74, 6) is 0.0665. The molecule has 3 aromatic rings. The molecule has 0 amide bonds. The van der Waals surface area contributed by atoms with Gasteiger partial charge in [-0.2, -0.15) is 41.7 Å². The van der Waals surface area contributed by atoms with Gasteiger partial charge in [0, 0.05) is 11.6 Å². The van der Waals surface area contributed by atoms with Crippen molar-refractivity contribution >= 4 is 5.70 Å². The van der Waals surface area contributed by atoms with E-state index in [0.717, 1.165) is 0 Å². The number of hydrogen-bond acceptors (Lipinski definition) is 4. The van der Waals surface area contributed by atoms with Crippen LogP contribution in [-0.2, 0) is 12.4 Å². The van der Waals surface area contributed by atoms with Gasteiger partial charge in [-0.25, -0.2) is 4.68 Å². The van der Waals surface area contributed by atoms with Gasteiger partial charge in [0.2, 0.25) is 0 Å². The molecule has 4 rings (SSSR count). The third-order valence-corrected chi connectivity index (χ3v) is 4.52. The van der Waals surface area contributed by atoms with Crippen LogP contribution in [0, 0.1) is 0 Å². The lowest BCUT2D eigenvalue weighted by atomic mass is 10.0. The van der Waals surface area contributed by atoms with Gasteiger partial charge in [-0.05, 0) is 35.9 Å². The summed E-state index contributed by atoms with van der Waals surface area (Å²) in [6, 6.07) is 11.2. The molecule has 160 valence electrons. The molecule has 0 bridgehead atoms. The number of aromatic hydroxyl groups is 1. The van der Waals surface area contributed by atoms with Crippen LogP contribution < -0.4 is 0 Å². The lowest BCUT2D eigenvalue weighted by Crippen LogP contribution is -2.13. The number of benzene rings is 2. The first-order chi connectivity index (χ1) is 14.5. The molecule has 0 saturated carbocycles. The Hall–Kier alpha value is -3.63. The highest BCUT2D eigenvalue weighted by Crippen LogP contribution is 2.37. The minimum absolute atomic E-state index is 0.0263. The highest BCUT2D eigenvalue weighted by molar-refractivity contribution is 5.67. The van der Waals surface area contributed by atoms with E-state index in [4.69, 9.17) is 0 Å². The van der Waals surface area contributed by atoms with Crippen LogP contribution >= 0.6 is 0 Å². The van der Waals surface area contributed by atoms with Crippen LogP contribution in [0.2, 0.25) is 0 Å². The highest BCUT2D eigenvalue weighted by atomic mass is 19.4. The zero-order chi connectivity index (χ0) is 22.4. The van der Waals surface area contributed by atoms with Crippen molar-refractivity contribution in [3.8, 4) is 11.4 Å². The van der Waals surface area contributed by atoms with E-state index in [9.17, 15) is 31.4 Å². The summed E-state index contributed by atoms with van der Waals surface area (Å²) in [6.45, 7) is 0. The maximum absolute atomic E-state index is 13.2. The summed E-state index contributed by atoms with van der Waals surface area (Å²) in [6.07, 6.45) is -8.34. The summed E-state index contributed by atoms with van der Waals surface area (Å²) in [5, 5.41) is 20.8. The summed E-state index contributed by atoms with van der Waals surface area (Å²) in [7, 11) is 0. The quantitative estimate of drug-likeness (QED) is 0.498. The zero-order valence-corrected chi connectivity index (χ0v) is 15.4. The standard InChI is InChI=1S/C20H12F6N4O/c21-19(22,23)17-10-18(20(24,25)26)30(29-17)13-6-4-11(5-7-13)15-9-16(28-27-15)12-2-1-3-14(31)8-12/h1-10,16,31H.